The van der Waals surface area contributed by atoms with Crippen LogP contribution in [0.5, 0.6) is 11.5 Å². The van der Waals surface area contributed by atoms with Crippen molar-refractivity contribution in [3.63, 3.8) is 0 Å². The zero-order valence-electron chi connectivity index (χ0n) is 23.7. The molecule has 45 heavy (non-hydrogen) atoms. The largest absolute Gasteiger partial charge is 2.00 e. The summed E-state index contributed by atoms with van der Waals surface area (Å²) in [7, 11) is 0. The van der Waals surface area contributed by atoms with E-state index in [1.54, 1.807) is 0 Å². The molecule has 7 heteroatoms. The minimum absolute atomic E-state index is 0. The normalized spacial score (nSPS) is 11.8. The van der Waals surface area contributed by atoms with E-state index in [0.29, 0.717) is 22.9 Å². The van der Waals surface area contributed by atoms with E-state index in [4.69, 9.17) is 24.7 Å². The maximum Gasteiger partial charge on any atom is 2.00 e. The van der Waals surface area contributed by atoms with Crippen LogP contribution in [0.2, 0.25) is 0 Å². The average molecular weight is 690 g/mol. The van der Waals surface area contributed by atoms with Gasteiger partial charge in [-0.15, -0.1) is 22.1 Å². The molecule has 8 rings (SSSR count). The second kappa shape index (κ2) is 12.2. The second-order valence-electron chi connectivity index (χ2n) is 10.4. The molecule has 0 saturated heterocycles. The summed E-state index contributed by atoms with van der Waals surface area (Å²) in [4.78, 5) is 20.4. The molecule has 0 fully saturated rings. The van der Waals surface area contributed by atoms with Crippen molar-refractivity contribution >= 4 is 62.3 Å². The maximum atomic E-state index is 6.54. The van der Waals surface area contributed by atoms with E-state index in [0.717, 1.165) is 60.2 Å². The van der Waals surface area contributed by atoms with Gasteiger partial charge in [0.2, 0.25) is 0 Å². The van der Waals surface area contributed by atoms with E-state index >= 15 is 0 Å². The molecule has 0 atom stereocenters. The number of aromatic nitrogens is 4. The minimum Gasteiger partial charge on any atom is -0.656 e. The van der Waals surface area contributed by atoms with Gasteiger partial charge < -0.3 is 14.7 Å². The van der Waals surface area contributed by atoms with Crippen molar-refractivity contribution in [2.45, 2.75) is 0 Å². The Hall–Kier alpha value is -4.97. The van der Waals surface area contributed by atoms with Crippen molar-refractivity contribution < 1.29 is 21.2 Å². The van der Waals surface area contributed by atoms with Gasteiger partial charge in [0.25, 0.3) is 0 Å². The molecule has 5 nitrogen and oxygen atoms in total. The third-order valence-electron chi connectivity index (χ3n) is 7.59. The first-order valence-corrected chi connectivity index (χ1v) is 15.1. The molecule has 8 bridgehead atoms. The number of rotatable bonds is 4. The molecule has 0 aliphatic carbocycles. The Bertz CT molecular complexity index is 2120. The standard InChI is InChI=1S/C38H23BrN4O.Ni/c39-37-31-20-16-27(40-31)35(24-10-4-1-5-11-24)29-18-22-33(42-29)38(44-26-14-8-3-9-15-26)34-23-19-30(43-34)36(25-12-6-2-7-13-25)28-17-21-32(37)41-28;/h1-23H;/q-2;+2. The Labute approximate surface area is 278 Å². The van der Waals surface area contributed by atoms with Crippen LogP contribution in [0.25, 0.3) is 68.6 Å². The number of hydrogen-bond acceptors (Lipinski definition) is 3. The van der Waals surface area contributed by atoms with Crippen LogP contribution in [-0.4, -0.2) is 9.97 Å². The molecule has 2 aliphatic heterocycles. The summed E-state index contributed by atoms with van der Waals surface area (Å²) in [5.41, 5.74) is 10.1. The number of para-hydroxylation sites is 1. The van der Waals surface area contributed by atoms with Gasteiger partial charge in [0.05, 0.1) is 11.4 Å². The van der Waals surface area contributed by atoms with Gasteiger partial charge in [0, 0.05) is 0 Å². The summed E-state index contributed by atoms with van der Waals surface area (Å²) in [6.45, 7) is 0. The van der Waals surface area contributed by atoms with E-state index in [1.165, 1.54) is 0 Å². The summed E-state index contributed by atoms with van der Waals surface area (Å²) < 4.78 is 7.36. The Kier molecular flexibility index (Phi) is 7.80. The monoisotopic (exact) mass is 688 g/mol. The molecular formula is C38H23BrN4NiO. The van der Waals surface area contributed by atoms with E-state index in [-0.39, 0.29) is 16.5 Å². The first-order chi connectivity index (χ1) is 21.7. The topological polar surface area (TPSA) is 63.2 Å². The molecule has 0 unspecified atom stereocenters. The molecule has 0 spiro atoms. The van der Waals surface area contributed by atoms with E-state index < -0.39 is 0 Å². The van der Waals surface area contributed by atoms with Crippen LogP contribution >= 0.6 is 15.9 Å². The third-order valence-corrected chi connectivity index (χ3v) is 8.40. The molecule has 3 aromatic carbocycles. The van der Waals surface area contributed by atoms with Crippen molar-refractivity contribution in [1.82, 2.24) is 19.9 Å². The van der Waals surface area contributed by atoms with Crippen molar-refractivity contribution in [2.75, 3.05) is 0 Å². The first-order valence-electron chi connectivity index (χ1n) is 14.3. The van der Waals surface area contributed by atoms with Gasteiger partial charge in [0.1, 0.15) is 17.1 Å². The van der Waals surface area contributed by atoms with Gasteiger partial charge >= 0.3 is 16.5 Å². The molecule has 5 heterocycles. The van der Waals surface area contributed by atoms with E-state index in [1.807, 2.05) is 115 Å². The van der Waals surface area contributed by atoms with Gasteiger partial charge in [-0.25, -0.2) is 9.97 Å². The molecular weight excluding hydrogens is 667 g/mol. The predicted octanol–water partition coefficient (Wildman–Crippen LogP) is 9.80. The van der Waals surface area contributed by atoms with Gasteiger partial charge in [-0.2, -0.15) is 0 Å². The number of nitrogens with zero attached hydrogens (tertiary/aromatic N) is 4. The van der Waals surface area contributed by atoms with Gasteiger partial charge in [0.15, 0.2) is 5.75 Å². The van der Waals surface area contributed by atoms with Crippen LogP contribution in [-0.2, 0) is 16.5 Å². The van der Waals surface area contributed by atoms with Crippen molar-refractivity contribution in [3.05, 3.63) is 143 Å². The zero-order chi connectivity index (χ0) is 29.5. The summed E-state index contributed by atoms with van der Waals surface area (Å²) in [6, 6.07) is 38.3. The molecule has 2 aliphatic rings. The maximum absolute atomic E-state index is 6.54. The summed E-state index contributed by atoms with van der Waals surface area (Å²) >= 11 is 3.81. The summed E-state index contributed by atoms with van der Waals surface area (Å²) in [6.07, 6.45) is 8.02. The van der Waals surface area contributed by atoms with Gasteiger partial charge in [-0.05, 0) is 63.2 Å². The molecule has 0 N–H and O–H groups in total. The van der Waals surface area contributed by atoms with Crippen molar-refractivity contribution in [3.8, 4) is 33.8 Å². The fourth-order valence-corrected chi connectivity index (χ4v) is 5.98. The van der Waals surface area contributed by atoms with Crippen LogP contribution in [0.1, 0.15) is 22.8 Å². The fourth-order valence-electron chi connectivity index (χ4n) is 5.54. The Balaban J connectivity index is 0.00000325. The van der Waals surface area contributed by atoms with Crippen LogP contribution in [0.4, 0.5) is 0 Å². The first kappa shape index (κ1) is 28.8. The van der Waals surface area contributed by atoms with E-state index in [9.17, 15) is 0 Å². The molecule has 6 aromatic rings. The summed E-state index contributed by atoms with van der Waals surface area (Å²) in [5, 5.41) is 0. The summed E-state index contributed by atoms with van der Waals surface area (Å²) in [5.74, 6) is 1.28. The smallest absolute Gasteiger partial charge is 0.656 e. The molecule has 0 saturated carbocycles. The zero-order valence-corrected chi connectivity index (χ0v) is 26.2. The molecule has 0 amide bonds. The number of ether oxygens (including phenoxy) is 1. The number of halogens is 1. The quantitative estimate of drug-likeness (QED) is 0.172. The second-order valence-corrected chi connectivity index (χ2v) is 11.2. The average Bonchev–Trinajstić information content (AvgIpc) is 3.90. The van der Waals surface area contributed by atoms with E-state index in [2.05, 4.69) is 40.2 Å². The molecule has 0 radical (unpaired) electrons. The van der Waals surface area contributed by atoms with Gasteiger partial charge in [-0.3, -0.25) is 0 Å². The number of fused-ring (bicyclic) bond motifs is 8. The van der Waals surface area contributed by atoms with Crippen molar-refractivity contribution in [2.24, 2.45) is 0 Å². The Morgan fingerprint density at radius 1 is 0.467 bits per heavy atom. The SMILES string of the molecule is Brc1c2ccc([n-]2)c(-c2ccccc2)c2nc(c(Oc3ccccc3)c3nc(c(-c4ccccc4)c4ccc1[n-]4)C=C3)C=C2.[Ni+2]. The minimum atomic E-state index is 0. The van der Waals surface area contributed by atoms with Crippen LogP contribution in [0, 0.1) is 0 Å². The van der Waals surface area contributed by atoms with Crippen molar-refractivity contribution in [1.29, 1.82) is 0 Å². The number of hydrogen-bond donors (Lipinski definition) is 0. The molecule has 218 valence electrons. The fraction of sp³-hybridized carbons (Fsp3) is 0. The Morgan fingerprint density at radius 3 is 1.33 bits per heavy atom. The van der Waals surface area contributed by atoms with Crippen LogP contribution in [0.15, 0.2) is 120 Å². The van der Waals surface area contributed by atoms with Crippen LogP contribution < -0.4 is 14.7 Å². The van der Waals surface area contributed by atoms with Gasteiger partial charge in [-0.1, -0.05) is 119 Å². The Morgan fingerprint density at radius 2 is 0.867 bits per heavy atom. The molecule has 3 aromatic heterocycles. The van der Waals surface area contributed by atoms with Crippen LogP contribution in [0.3, 0.4) is 0 Å². The predicted molar refractivity (Wildman–Crippen MR) is 182 cm³/mol. The third kappa shape index (κ3) is 5.46. The number of benzene rings is 3.